The van der Waals surface area contributed by atoms with Crippen molar-refractivity contribution in [1.82, 2.24) is 5.32 Å². The van der Waals surface area contributed by atoms with Gasteiger partial charge in [0, 0.05) is 11.8 Å². The smallest absolute Gasteiger partial charge is 0.325 e. The van der Waals surface area contributed by atoms with Crippen LogP contribution in [0, 0.1) is 0 Å². The van der Waals surface area contributed by atoms with Crippen LogP contribution >= 0.6 is 11.6 Å². The molecule has 1 unspecified atom stereocenters. The second-order valence-corrected chi connectivity index (χ2v) is 4.17. The highest BCUT2D eigenvalue weighted by Gasteiger charge is 2.12. The Morgan fingerprint density at radius 1 is 1.44 bits per heavy atom. The number of hydrogen-bond donors (Lipinski definition) is 2. The Bertz CT molecular complexity index is 435. The second kappa shape index (κ2) is 6.86. The van der Waals surface area contributed by atoms with E-state index >= 15 is 0 Å². The number of rotatable bonds is 4. The standard InChI is InChI=1S/C12H15ClN2O3/c1-3-18-10-6-4-5-9(7-10)14-12(17)15-11(16)8(2)13/h4-8H,3H2,1-2H3,(H2,14,15,16,17). The molecule has 0 bridgehead atoms. The van der Waals surface area contributed by atoms with Crippen molar-refractivity contribution >= 4 is 29.2 Å². The Morgan fingerprint density at radius 3 is 2.78 bits per heavy atom. The summed E-state index contributed by atoms with van der Waals surface area (Å²) in [6.45, 7) is 3.89. The Kier molecular flexibility index (Phi) is 5.45. The third kappa shape index (κ3) is 4.63. The maximum atomic E-state index is 11.5. The Labute approximate surface area is 110 Å². The van der Waals surface area contributed by atoms with Gasteiger partial charge in [0.25, 0.3) is 0 Å². The number of alkyl halides is 1. The molecule has 0 fully saturated rings. The lowest BCUT2D eigenvalue weighted by molar-refractivity contribution is -0.119. The number of hydrogen-bond acceptors (Lipinski definition) is 3. The van der Waals surface area contributed by atoms with Crippen molar-refractivity contribution < 1.29 is 14.3 Å². The summed E-state index contributed by atoms with van der Waals surface area (Å²) < 4.78 is 5.29. The highest BCUT2D eigenvalue weighted by Crippen LogP contribution is 2.17. The minimum Gasteiger partial charge on any atom is -0.494 e. The summed E-state index contributed by atoms with van der Waals surface area (Å²) in [6.07, 6.45) is 0. The number of urea groups is 1. The number of amides is 3. The molecule has 0 spiro atoms. The van der Waals surface area contributed by atoms with Crippen molar-refractivity contribution in [3.63, 3.8) is 0 Å². The molecule has 1 rings (SSSR count). The Morgan fingerprint density at radius 2 is 2.17 bits per heavy atom. The maximum Gasteiger partial charge on any atom is 0.325 e. The fourth-order valence-corrected chi connectivity index (χ4v) is 1.26. The average molecular weight is 271 g/mol. The van der Waals surface area contributed by atoms with Gasteiger partial charge in [0.1, 0.15) is 11.1 Å². The Balaban J connectivity index is 2.59. The van der Waals surface area contributed by atoms with Gasteiger partial charge in [-0.1, -0.05) is 6.07 Å². The molecule has 98 valence electrons. The third-order valence-electron chi connectivity index (χ3n) is 2.00. The third-order valence-corrected chi connectivity index (χ3v) is 2.20. The summed E-state index contributed by atoms with van der Waals surface area (Å²) in [5, 5.41) is 3.88. The molecule has 0 aliphatic rings. The van der Waals surface area contributed by atoms with Crippen LogP contribution in [0.2, 0.25) is 0 Å². The molecule has 0 saturated heterocycles. The molecule has 6 heteroatoms. The number of nitrogens with one attached hydrogen (secondary N) is 2. The Hall–Kier alpha value is -1.75. The largest absolute Gasteiger partial charge is 0.494 e. The molecule has 0 heterocycles. The van der Waals surface area contributed by atoms with E-state index in [1.165, 1.54) is 6.92 Å². The fourth-order valence-electron chi connectivity index (χ4n) is 1.20. The maximum absolute atomic E-state index is 11.5. The molecular weight excluding hydrogens is 256 g/mol. The van der Waals surface area contributed by atoms with E-state index in [2.05, 4.69) is 10.6 Å². The molecule has 2 N–H and O–H groups in total. The van der Waals surface area contributed by atoms with Gasteiger partial charge in [-0.3, -0.25) is 10.1 Å². The summed E-state index contributed by atoms with van der Waals surface area (Å²) >= 11 is 5.53. The molecular formula is C12H15ClN2O3. The van der Waals surface area contributed by atoms with Gasteiger partial charge < -0.3 is 10.1 Å². The van der Waals surface area contributed by atoms with Crippen molar-refractivity contribution in [3.05, 3.63) is 24.3 Å². The van der Waals surface area contributed by atoms with Crippen molar-refractivity contribution in [1.29, 1.82) is 0 Å². The van der Waals surface area contributed by atoms with Gasteiger partial charge in [0.15, 0.2) is 0 Å². The minimum atomic E-state index is -0.759. The van der Waals surface area contributed by atoms with Gasteiger partial charge in [0.2, 0.25) is 5.91 Å². The summed E-state index contributed by atoms with van der Waals surface area (Å²) in [6, 6.07) is 6.25. The topological polar surface area (TPSA) is 67.4 Å². The number of imide groups is 1. The number of benzene rings is 1. The van der Waals surface area contributed by atoms with Crippen molar-refractivity contribution in [2.45, 2.75) is 19.2 Å². The summed E-state index contributed by atoms with van der Waals surface area (Å²) in [4.78, 5) is 22.6. The molecule has 0 saturated carbocycles. The van der Waals surface area contributed by atoms with Gasteiger partial charge in [-0.15, -0.1) is 11.6 Å². The molecule has 0 radical (unpaired) electrons. The zero-order valence-corrected chi connectivity index (χ0v) is 11.0. The van der Waals surface area contributed by atoms with Crippen LogP contribution in [0.5, 0.6) is 5.75 Å². The second-order valence-electron chi connectivity index (χ2n) is 3.52. The first-order valence-electron chi connectivity index (χ1n) is 5.51. The van der Waals surface area contributed by atoms with Crippen molar-refractivity contribution in [2.75, 3.05) is 11.9 Å². The zero-order valence-electron chi connectivity index (χ0n) is 10.2. The molecule has 1 atom stereocenters. The first kappa shape index (κ1) is 14.3. The van der Waals surface area contributed by atoms with Crippen LogP contribution in [0.25, 0.3) is 0 Å². The highest BCUT2D eigenvalue weighted by molar-refractivity contribution is 6.31. The molecule has 1 aromatic rings. The van der Waals surface area contributed by atoms with E-state index in [4.69, 9.17) is 16.3 Å². The van der Waals surface area contributed by atoms with Gasteiger partial charge in [0.05, 0.1) is 6.61 Å². The molecule has 1 aromatic carbocycles. The van der Waals surface area contributed by atoms with Crippen LogP contribution in [0.1, 0.15) is 13.8 Å². The number of carbonyl (C=O) groups is 2. The van der Waals surface area contributed by atoms with E-state index < -0.39 is 17.3 Å². The lowest BCUT2D eigenvalue weighted by Crippen LogP contribution is -2.38. The minimum absolute atomic E-state index is 0.536. The normalized spacial score (nSPS) is 11.5. The molecule has 3 amide bonds. The van der Waals surface area contributed by atoms with E-state index in [1.807, 2.05) is 6.92 Å². The van der Waals surface area contributed by atoms with Gasteiger partial charge in [-0.05, 0) is 26.0 Å². The fraction of sp³-hybridized carbons (Fsp3) is 0.333. The van der Waals surface area contributed by atoms with Crippen molar-refractivity contribution in [3.8, 4) is 5.75 Å². The van der Waals surface area contributed by atoms with Crippen molar-refractivity contribution in [2.24, 2.45) is 0 Å². The predicted molar refractivity (Wildman–Crippen MR) is 70.1 cm³/mol. The molecule has 18 heavy (non-hydrogen) atoms. The lowest BCUT2D eigenvalue weighted by atomic mass is 10.3. The van der Waals surface area contributed by atoms with E-state index in [0.29, 0.717) is 18.0 Å². The van der Waals surface area contributed by atoms with E-state index in [0.717, 1.165) is 0 Å². The average Bonchev–Trinajstić information content (AvgIpc) is 2.29. The molecule has 0 aliphatic heterocycles. The van der Waals surface area contributed by atoms with Crippen LogP contribution < -0.4 is 15.4 Å². The van der Waals surface area contributed by atoms with Crippen LogP contribution in [-0.2, 0) is 4.79 Å². The molecule has 5 nitrogen and oxygen atoms in total. The summed E-state index contributed by atoms with van der Waals surface area (Å²) in [7, 11) is 0. The van der Waals surface area contributed by atoms with E-state index in [-0.39, 0.29) is 0 Å². The van der Waals surface area contributed by atoms with Gasteiger partial charge in [-0.25, -0.2) is 4.79 Å². The quantitative estimate of drug-likeness (QED) is 0.826. The van der Waals surface area contributed by atoms with Crippen LogP contribution in [0.15, 0.2) is 24.3 Å². The number of halogens is 1. The van der Waals surface area contributed by atoms with Gasteiger partial charge in [-0.2, -0.15) is 0 Å². The first-order valence-corrected chi connectivity index (χ1v) is 5.95. The monoisotopic (exact) mass is 270 g/mol. The lowest BCUT2D eigenvalue weighted by Gasteiger charge is -2.09. The summed E-state index contributed by atoms with van der Waals surface area (Å²) in [5.41, 5.74) is 0.536. The van der Waals surface area contributed by atoms with Crippen LogP contribution in [0.3, 0.4) is 0 Å². The number of carbonyl (C=O) groups excluding carboxylic acids is 2. The van der Waals surface area contributed by atoms with Crippen LogP contribution in [-0.4, -0.2) is 23.9 Å². The number of anilines is 1. The van der Waals surface area contributed by atoms with E-state index in [1.54, 1.807) is 24.3 Å². The zero-order chi connectivity index (χ0) is 13.5. The predicted octanol–water partition coefficient (Wildman–Crippen LogP) is 2.36. The van der Waals surface area contributed by atoms with Crippen LogP contribution in [0.4, 0.5) is 10.5 Å². The molecule has 0 aliphatic carbocycles. The van der Waals surface area contributed by atoms with Gasteiger partial charge >= 0.3 is 6.03 Å². The highest BCUT2D eigenvalue weighted by atomic mass is 35.5. The first-order chi connectivity index (χ1) is 8.52. The summed E-state index contributed by atoms with van der Waals surface area (Å²) in [5.74, 6) is 0.0995. The molecule has 0 aromatic heterocycles. The van der Waals surface area contributed by atoms with E-state index in [9.17, 15) is 9.59 Å². The SMILES string of the molecule is CCOc1cccc(NC(=O)NC(=O)C(C)Cl)c1. The number of ether oxygens (including phenoxy) is 1.